The first-order valence-corrected chi connectivity index (χ1v) is 7.55. The van der Waals surface area contributed by atoms with E-state index >= 15 is 0 Å². The van der Waals surface area contributed by atoms with E-state index in [9.17, 15) is 0 Å². The van der Waals surface area contributed by atoms with Crippen molar-refractivity contribution in [2.75, 3.05) is 12.4 Å². The Morgan fingerprint density at radius 3 is 2.62 bits per heavy atom. The van der Waals surface area contributed by atoms with Crippen LogP contribution in [-0.4, -0.2) is 16.8 Å². The van der Waals surface area contributed by atoms with E-state index in [1.54, 1.807) is 0 Å². The molecular formula is C17H18ClN3. The molecule has 21 heavy (non-hydrogen) atoms. The van der Waals surface area contributed by atoms with Gasteiger partial charge in [0.2, 0.25) is 0 Å². The third kappa shape index (κ3) is 2.49. The average Bonchev–Trinajstić information content (AvgIpc) is 2.85. The maximum absolute atomic E-state index is 6.50. The van der Waals surface area contributed by atoms with E-state index < -0.39 is 0 Å². The topological polar surface area (TPSA) is 29.9 Å². The van der Waals surface area contributed by atoms with Crippen LogP contribution in [0.2, 0.25) is 5.02 Å². The maximum Gasteiger partial charge on any atom is 0.155 e. The molecule has 3 aromatic rings. The number of nitrogens with zero attached hydrogens (tertiary/aromatic N) is 2. The zero-order chi connectivity index (χ0) is 14.8. The third-order valence-corrected chi connectivity index (χ3v) is 3.91. The molecule has 3 nitrogen and oxygen atoms in total. The van der Waals surface area contributed by atoms with Gasteiger partial charge in [0.05, 0.1) is 10.5 Å². The molecule has 0 saturated carbocycles. The Bertz CT molecular complexity index is 763. The van der Waals surface area contributed by atoms with Crippen LogP contribution in [0.5, 0.6) is 0 Å². The average molecular weight is 300 g/mol. The Kier molecular flexibility index (Phi) is 3.84. The van der Waals surface area contributed by atoms with Gasteiger partial charge in [-0.15, -0.1) is 0 Å². The maximum atomic E-state index is 6.50. The molecule has 3 rings (SSSR count). The fourth-order valence-electron chi connectivity index (χ4n) is 2.60. The van der Waals surface area contributed by atoms with Crippen LogP contribution < -0.4 is 5.32 Å². The SMILES string of the molecule is CCCn1nc(NC)c2cc(-c3ccccc3)c(Cl)cc21. The molecule has 0 aliphatic heterocycles. The van der Waals surface area contributed by atoms with Crippen LogP contribution in [0.4, 0.5) is 5.82 Å². The van der Waals surface area contributed by atoms with E-state index in [1.165, 1.54) is 0 Å². The van der Waals surface area contributed by atoms with E-state index in [0.29, 0.717) is 0 Å². The zero-order valence-corrected chi connectivity index (χ0v) is 13.0. The van der Waals surface area contributed by atoms with Crippen LogP contribution in [0.1, 0.15) is 13.3 Å². The number of nitrogens with one attached hydrogen (secondary N) is 1. The van der Waals surface area contributed by atoms with Gasteiger partial charge >= 0.3 is 0 Å². The summed E-state index contributed by atoms with van der Waals surface area (Å²) in [4.78, 5) is 0. The molecule has 0 saturated heterocycles. The molecule has 0 aliphatic carbocycles. The summed E-state index contributed by atoms with van der Waals surface area (Å²) in [5, 5.41) is 9.66. The van der Waals surface area contributed by atoms with Gasteiger partial charge in [0.25, 0.3) is 0 Å². The molecule has 0 fully saturated rings. The molecule has 1 heterocycles. The summed E-state index contributed by atoms with van der Waals surface area (Å²) < 4.78 is 2.02. The molecule has 0 atom stereocenters. The van der Waals surface area contributed by atoms with E-state index in [4.69, 9.17) is 11.6 Å². The van der Waals surface area contributed by atoms with Crippen molar-refractivity contribution >= 4 is 28.3 Å². The molecular weight excluding hydrogens is 282 g/mol. The molecule has 0 unspecified atom stereocenters. The normalized spacial score (nSPS) is 11.0. The van der Waals surface area contributed by atoms with E-state index in [1.807, 2.05) is 36.0 Å². The Morgan fingerprint density at radius 1 is 1.19 bits per heavy atom. The van der Waals surface area contributed by atoms with Gasteiger partial charge in [-0.05, 0) is 24.1 Å². The van der Waals surface area contributed by atoms with Gasteiger partial charge in [-0.25, -0.2) is 0 Å². The van der Waals surface area contributed by atoms with Crippen LogP contribution in [0.15, 0.2) is 42.5 Å². The van der Waals surface area contributed by atoms with Crippen molar-refractivity contribution in [3.8, 4) is 11.1 Å². The summed E-state index contributed by atoms with van der Waals surface area (Å²) >= 11 is 6.50. The van der Waals surface area contributed by atoms with Gasteiger partial charge in [0.1, 0.15) is 0 Å². The van der Waals surface area contributed by atoms with Crippen molar-refractivity contribution < 1.29 is 0 Å². The molecule has 0 radical (unpaired) electrons. The summed E-state index contributed by atoms with van der Waals surface area (Å²) in [6.45, 7) is 3.03. The minimum Gasteiger partial charge on any atom is -0.371 e. The molecule has 0 amide bonds. The van der Waals surface area contributed by atoms with Crippen LogP contribution in [0.25, 0.3) is 22.0 Å². The lowest BCUT2D eigenvalue weighted by Crippen LogP contribution is -1.99. The monoisotopic (exact) mass is 299 g/mol. The number of anilines is 1. The summed E-state index contributed by atoms with van der Waals surface area (Å²) in [5.41, 5.74) is 3.23. The Labute approximate surface area is 129 Å². The number of fused-ring (bicyclic) bond motifs is 1. The molecule has 1 N–H and O–H groups in total. The molecule has 0 aliphatic rings. The Hall–Kier alpha value is -2.00. The number of rotatable bonds is 4. The highest BCUT2D eigenvalue weighted by molar-refractivity contribution is 6.34. The highest BCUT2D eigenvalue weighted by atomic mass is 35.5. The first-order chi connectivity index (χ1) is 10.2. The zero-order valence-electron chi connectivity index (χ0n) is 12.2. The van der Waals surface area contributed by atoms with Crippen molar-refractivity contribution in [1.29, 1.82) is 0 Å². The van der Waals surface area contributed by atoms with Crippen molar-refractivity contribution in [2.24, 2.45) is 0 Å². The van der Waals surface area contributed by atoms with Gasteiger partial charge < -0.3 is 5.32 Å². The largest absolute Gasteiger partial charge is 0.371 e. The van der Waals surface area contributed by atoms with E-state index in [0.717, 1.165) is 45.8 Å². The molecule has 1 aromatic heterocycles. The van der Waals surface area contributed by atoms with Crippen LogP contribution in [0, 0.1) is 0 Å². The number of halogens is 1. The lowest BCUT2D eigenvalue weighted by molar-refractivity contribution is 0.624. The molecule has 4 heteroatoms. The second-order valence-corrected chi connectivity index (χ2v) is 5.44. The summed E-state index contributed by atoms with van der Waals surface area (Å²) in [6.07, 6.45) is 1.04. The first-order valence-electron chi connectivity index (χ1n) is 7.17. The summed E-state index contributed by atoms with van der Waals surface area (Å²) in [6, 6.07) is 14.3. The number of hydrogen-bond donors (Lipinski definition) is 1. The quantitative estimate of drug-likeness (QED) is 0.749. The smallest absolute Gasteiger partial charge is 0.155 e. The first kappa shape index (κ1) is 14.0. The van der Waals surface area contributed by atoms with Gasteiger partial charge in [-0.3, -0.25) is 4.68 Å². The van der Waals surface area contributed by atoms with Gasteiger partial charge in [-0.2, -0.15) is 5.10 Å². The minimum atomic E-state index is 0.758. The number of aryl methyl sites for hydroxylation is 1. The molecule has 2 aromatic carbocycles. The number of aromatic nitrogens is 2. The molecule has 108 valence electrons. The predicted octanol–water partition coefficient (Wildman–Crippen LogP) is 4.81. The molecule has 0 bridgehead atoms. The third-order valence-electron chi connectivity index (χ3n) is 3.60. The second kappa shape index (κ2) is 5.78. The van der Waals surface area contributed by atoms with Gasteiger partial charge in [0, 0.05) is 24.5 Å². The van der Waals surface area contributed by atoms with Crippen LogP contribution in [0.3, 0.4) is 0 Å². The predicted molar refractivity (Wildman–Crippen MR) is 90.0 cm³/mol. The Morgan fingerprint density at radius 2 is 1.95 bits per heavy atom. The lowest BCUT2D eigenvalue weighted by atomic mass is 10.0. The summed E-state index contributed by atoms with van der Waals surface area (Å²) in [5.74, 6) is 0.896. The molecule has 0 spiro atoms. The summed E-state index contributed by atoms with van der Waals surface area (Å²) in [7, 11) is 1.90. The van der Waals surface area contributed by atoms with Crippen LogP contribution in [-0.2, 0) is 6.54 Å². The van der Waals surface area contributed by atoms with Crippen molar-refractivity contribution in [1.82, 2.24) is 9.78 Å². The highest BCUT2D eigenvalue weighted by Crippen LogP contribution is 2.34. The number of benzene rings is 2. The Balaban J connectivity index is 2.23. The van der Waals surface area contributed by atoms with Crippen LogP contribution >= 0.6 is 11.6 Å². The fourth-order valence-corrected chi connectivity index (χ4v) is 2.87. The van der Waals surface area contributed by atoms with Crippen molar-refractivity contribution in [3.05, 3.63) is 47.5 Å². The standard InChI is InChI=1S/C17H18ClN3/c1-3-9-21-16-11-15(18)13(12-7-5-4-6-8-12)10-14(16)17(19-2)20-21/h4-8,10-11H,3,9H2,1-2H3,(H,19,20). The minimum absolute atomic E-state index is 0.758. The van der Waals surface area contributed by atoms with Gasteiger partial charge in [0.15, 0.2) is 5.82 Å². The van der Waals surface area contributed by atoms with Crippen molar-refractivity contribution in [2.45, 2.75) is 19.9 Å². The second-order valence-electron chi connectivity index (χ2n) is 5.04. The van der Waals surface area contributed by atoms with Crippen molar-refractivity contribution in [3.63, 3.8) is 0 Å². The van der Waals surface area contributed by atoms with E-state index in [-0.39, 0.29) is 0 Å². The highest BCUT2D eigenvalue weighted by Gasteiger charge is 2.13. The fraction of sp³-hybridized carbons (Fsp3) is 0.235. The number of hydrogen-bond acceptors (Lipinski definition) is 2. The lowest BCUT2D eigenvalue weighted by Gasteiger charge is -2.07. The van der Waals surface area contributed by atoms with E-state index in [2.05, 4.69) is 35.5 Å². The van der Waals surface area contributed by atoms with Gasteiger partial charge in [-0.1, -0.05) is 48.9 Å².